The standard InChI is InChI=1S/C23H22ClF3N4O/c1-14(2)22-29-20(28-18-5-3-4-17(24)11-18)12-21(30-22)31-9-8-15-10-19(32-23(25,26)27)7-6-16(15)13-31/h3-7,10-12,14H,8-9,13H2,1-2H3,(H,28,29,30). The van der Waals surface area contributed by atoms with Gasteiger partial charge in [0.1, 0.15) is 23.2 Å². The largest absolute Gasteiger partial charge is 0.573 e. The van der Waals surface area contributed by atoms with Crippen LogP contribution in [0, 0.1) is 0 Å². The molecule has 0 unspecified atom stereocenters. The fraction of sp³-hybridized carbons (Fsp3) is 0.304. The van der Waals surface area contributed by atoms with E-state index >= 15 is 0 Å². The van der Waals surface area contributed by atoms with Crippen LogP contribution in [0.4, 0.5) is 30.5 Å². The normalized spacial score (nSPS) is 13.8. The number of ether oxygens (including phenoxy) is 1. The first-order chi connectivity index (χ1) is 15.2. The minimum absolute atomic E-state index is 0.119. The van der Waals surface area contributed by atoms with Gasteiger partial charge in [0.05, 0.1) is 0 Å². The highest BCUT2D eigenvalue weighted by molar-refractivity contribution is 6.30. The molecule has 0 aliphatic carbocycles. The second-order valence-electron chi connectivity index (χ2n) is 7.91. The van der Waals surface area contributed by atoms with E-state index in [1.54, 1.807) is 12.1 Å². The topological polar surface area (TPSA) is 50.3 Å². The van der Waals surface area contributed by atoms with E-state index in [0.29, 0.717) is 36.2 Å². The zero-order valence-corrected chi connectivity index (χ0v) is 18.3. The maximum atomic E-state index is 12.5. The fourth-order valence-corrected chi connectivity index (χ4v) is 3.76. The molecule has 3 aromatic rings. The van der Waals surface area contributed by atoms with Crippen molar-refractivity contribution in [1.29, 1.82) is 0 Å². The Kier molecular flexibility index (Phi) is 6.15. The van der Waals surface area contributed by atoms with Gasteiger partial charge in [-0.05, 0) is 47.9 Å². The van der Waals surface area contributed by atoms with Crippen molar-refractivity contribution in [2.75, 3.05) is 16.8 Å². The molecule has 32 heavy (non-hydrogen) atoms. The van der Waals surface area contributed by atoms with E-state index in [2.05, 4.69) is 19.9 Å². The summed E-state index contributed by atoms with van der Waals surface area (Å²) >= 11 is 6.09. The first kappa shape index (κ1) is 22.2. The van der Waals surface area contributed by atoms with Gasteiger partial charge in [0.15, 0.2) is 0 Å². The molecule has 1 N–H and O–H groups in total. The Labute approximate surface area is 189 Å². The van der Waals surface area contributed by atoms with Gasteiger partial charge in [0, 0.05) is 35.8 Å². The van der Waals surface area contributed by atoms with Gasteiger partial charge in [-0.25, -0.2) is 9.97 Å². The van der Waals surface area contributed by atoms with E-state index in [1.807, 2.05) is 38.1 Å². The van der Waals surface area contributed by atoms with Crippen molar-refractivity contribution in [1.82, 2.24) is 9.97 Å². The molecule has 1 aliphatic rings. The Balaban J connectivity index is 1.59. The van der Waals surface area contributed by atoms with Crippen molar-refractivity contribution in [3.8, 4) is 5.75 Å². The molecule has 0 spiro atoms. The molecule has 0 saturated heterocycles. The second-order valence-corrected chi connectivity index (χ2v) is 8.35. The van der Waals surface area contributed by atoms with Crippen LogP contribution in [0.3, 0.4) is 0 Å². The van der Waals surface area contributed by atoms with Gasteiger partial charge in [0.25, 0.3) is 0 Å². The summed E-state index contributed by atoms with van der Waals surface area (Å²) in [5.41, 5.74) is 2.61. The summed E-state index contributed by atoms with van der Waals surface area (Å²) < 4.78 is 41.6. The monoisotopic (exact) mass is 462 g/mol. The number of rotatable bonds is 5. The predicted octanol–water partition coefficient (Wildman–Crippen LogP) is 6.46. The Morgan fingerprint density at radius 1 is 1.06 bits per heavy atom. The maximum Gasteiger partial charge on any atom is 0.573 e. The van der Waals surface area contributed by atoms with E-state index in [9.17, 15) is 13.2 Å². The number of anilines is 3. The van der Waals surface area contributed by atoms with E-state index in [1.165, 1.54) is 12.1 Å². The van der Waals surface area contributed by atoms with Gasteiger partial charge in [-0.2, -0.15) is 0 Å². The van der Waals surface area contributed by atoms with Crippen LogP contribution in [-0.2, 0) is 13.0 Å². The summed E-state index contributed by atoms with van der Waals surface area (Å²) in [4.78, 5) is 11.5. The SMILES string of the molecule is CC(C)c1nc(Nc2cccc(Cl)c2)cc(N2CCc3cc(OC(F)(F)F)ccc3C2)n1. The lowest BCUT2D eigenvalue weighted by atomic mass is 9.99. The lowest BCUT2D eigenvalue weighted by molar-refractivity contribution is -0.274. The van der Waals surface area contributed by atoms with Crippen molar-refractivity contribution in [3.05, 3.63) is 70.5 Å². The van der Waals surface area contributed by atoms with E-state index in [-0.39, 0.29) is 11.7 Å². The molecule has 0 radical (unpaired) electrons. The van der Waals surface area contributed by atoms with Crippen molar-refractivity contribution in [3.63, 3.8) is 0 Å². The molecule has 2 aromatic carbocycles. The van der Waals surface area contributed by atoms with Crippen LogP contribution in [0.2, 0.25) is 5.02 Å². The molecule has 0 fully saturated rings. The predicted molar refractivity (Wildman–Crippen MR) is 119 cm³/mol. The van der Waals surface area contributed by atoms with E-state index in [0.717, 1.165) is 22.6 Å². The lowest BCUT2D eigenvalue weighted by Gasteiger charge is -2.30. The number of nitrogens with one attached hydrogen (secondary N) is 1. The van der Waals surface area contributed by atoms with Crippen LogP contribution in [0.15, 0.2) is 48.5 Å². The summed E-state index contributed by atoms with van der Waals surface area (Å²) in [6.07, 6.45) is -4.11. The molecule has 2 heterocycles. The highest BCUT2D eigenvalue weighted by Gasteiger charge is 2.31. The van der Waals surface area contributed by atoms with Gasteiger partial charge in [-0.15, -0.1) is 13.2 Å². The number of halogens is 4. The smallest absolute Gasteiger partial charge is 0.406 e. The molecule has 1 aromatic heterocycles. The Bertz CT molecular complexity index is 1120. The van der Waals surface area contributed by atoms with Crippen LogP contribution < -0.4 is 15.0 Å². The summed E-state index contributed by atoms with van der Waals surface area (Å²) in [7, 11) is 0. The van der Waals surface area contributed by atoms with Gasteiger partial charge in [0.2, 0.25) is 0 Å². The molecule has 5 nitrogen and oxygen atoms in total. The molecular formula is C23H22ClF3N4O. The van der Waals surface area contributed by atoms with Crippen molar-refractivity contribution in [2.24, 2.45) is 0 Å². The number of nitrogens with zero attached hydrogens (tertiary/aromatic N) is 3. The first-order valence-corrected chi connectivity index (χ1v) is 10.6. The third-order valence-electron chi connectivity index (χ3n) is 5.09. The molecule has 0 bridgehead atoms. The Morgan fingerprint density at radius 2 is 1.88 bits per heavy atom. The molecule has 9 heteroatoms. The van der Waals surface area contributed by atoms with Crippen LogP contribution in [-0.4, -0.2) is 22.9 Å². The lowest BCUT2D eigenvalue weighted by Crippen LogP contribution is -2.31. The fourth-order valence-electron chi connectivity index (χ4n) is 3.57. The van der Waals surface area contributed by atoms with Gasteiger partial charge in [-0.1, -0.05) is 37.6 Å². The average Bonchev–Trinajstić information content (AvgIpc) is 2.72. The summed E-state index contributed by atoms with van der Waals surface area (Å²) in [5, 5.41) is 3.90. The number of fused-ring (bicyclic) bond motifs is 1. The molecule has 0 saturated carbocycles. The minimum Gasteiger partial charge on any atom is -0.406 e. The number of benzene rings is 2. The maximum absolute atomic E-state index is 12.5. The molecular weight excluding hydrogens is 441 g/mol. The van der Waals surface area contributed by atoms with Crippen LogP contribution in [0.5, 0.6) is 5.75 Å². The third-order valence-corrected chi connectivity index (χ3v) is 5.33. The quantitative estimate of drug-likeness (QED) is 0.471. The zero-order chi connectivity index (χ0) is 22.9. The molecule has 0 atom stereocenters. The van der Waals surface area contributed by atoms with Crippen molar-refractivity contribution in [2.45, 2.75) is 39.1 Å². The molecule has 4 rings (SSSR count). The molecule has 1 aliphatic heterocycles. The highest BCUT2D eigenvalue weighted by atomic mass is 35.5. The summed E-state index contributed by atoms with van der Waals surface area (Å²) in [5.74, 6) is 2.04. The van der Waals surface area contributed by atoms with Gasteiger partial charge in [-0.3, -0.25) is 0 Å². The number of alkyl halides is 3. The third kappa shape index (κ3) is 5.43. The highest BCUT2D eigenvalue weighted by Crippen LogP contribution is 2.31. The first-order valence-electron chi connectivity index (χ1n) is 10.2. The Morgan fingerprint density at radius 3 is 2.59 bits per heavy atom. The van der Waals surface area contributed by atoms with Crippen molar-refractivity contribution < 1.29 is 17.9 Å². The average molecular weight is 463 g/mol. The van der Waals surface area contributed by atoms with Crippen LogP contribution >= 0.6 is 11.6 Å². The zero-order valence-electron chi connectivity index (χ0n) is 17.6. The van der Waals surface area contributed by atoms with Crippen molar-refractivity contribution >= 4 is 28.9 Å². The van der Waals surface area contributed by atoms with E-state index in [4.69, 9.17) is 16.6 Å². The Hall–Kier alpha value is -3.00. The number of hydrogen-bond donors (Lipinski definition) is 1. The molecule has 0 amide bonds. The summed E-state index contributed by atoms with van der Waals surface area (Å²) in [6, 6.07) is 13.7. The van der Waals surface area contributed by atoms with Gasteiger partial charge >= 0.3 is 6.36 Å². The second kappa shape index (κ2) is 8.86. The number of hydrogen-bond acceptors (Lipinski definition) is 5. The van der Waals surface area contributed by atoms with Crippen LogP contribution in [0.1, 0.15) is 36.7 Å². The van der Waals surface area contributed by atoms with E-state index < -0.39 is 6.36 Å². The van der Waals surface area contributed by atoms with Gasteiger partial charge < -0.3 is 15.0 Å². The number of aromatic nitrogens is 2. The molecule has 168 valence electrons. The van der Waals surface area contributed by atoms with Crippen LogP contribution in [0.25, 0.3) is 0 Å². The summed E-state index contributed by atoms with van der Waals surface area (Å²) in [6.45, 7) is 5.20. The minimum atomic E-state index is -4.70.